The summed E-state index contributed by atoms with van der Waals surface area (Å²) in [5.41, 5.74) is 4.49. The first-order valence-electron chi connectivity index (χ1n) is 19.4. The summed E-state index contributed by atoms with van der Waals surface area (Å²) in [6, 6.07) is 18.6. The molecule has 2 saturated heterocycles. The van der Waals surface area contributed by atoms with Gasteiger partial charge in [-0.25, -0.2) is 0 Å². The number of anilines is 2. The number of halogens is 1. The highest BCUT2D eigenvalue weighted by atomic mass is 35.5. The molecule has 1 saturated carbocycles. The predicted octanol–water partition coefficient (Wildman–Crippen LogP) is 4.65. The molecule has 1 atom stereocenters. The van der Waals surface area contributed by atoms with Crippen LogP contribution >= 0.6 is 11.6 Å². The van der Waals surface area contributed by atoms with E-state index in [0.29, 0.717) is 53.7 Å². The van der Waals surface area contributed by atoms with Gasteiger partial charge in [-0.3, -0.25) is 39.1 Å². The molecule has 13 nitrogen and oxygen atoms in total. The second-order valence-electron chi connectivity index (χ2n) is 15.4. The van der Waals surface area contributed by atoms with Crippen LogP contribution in [0.25, 0.3) is 0 Å². The van der Waals surface area contributed by atoms with E-state index < -0.39 is 29.7 Å². The Morgan fingerprint density at radius 3 is 2.30 bits per heavy atom. The Labute approximate surface area is 330 Å². The van der Waals surface area contributed by atoms with Gasteiger partial charge in [0.1, 0.15) is 24.5 Å². The maximum absolute atomic E-state index is 13.4. The molecular weight excluding hydrogens is 734 g/mol. The van der Waals surface area contributed by atoms with Crippen molar-refractivity contribution >= 4 is 52.5 Å². The molecule has 0 radical (unpaired) electrons. The number of rotatable bonds is 7. The van der Waals surface area contributed by atoms with Crippen molar-refractivity contribution in [2.75, 3.05) is 43.1 Å². The highest BCUT2D eigenvalue weighted by molar-refractivity contribution is 6.32. The highest BCUT2D eigenvalue weighted by Crippen LogP contribution is 2.36. The lowest BCUT2D eigenvalue weighted by Gasteiger charge is -2.39. The van der Waals surface area contributed by atoms with Crippen LogP contribution < -0.4 is 25.2 Å². The minimum atomic E-state index is -1.01. The van der Waals surface area contributed by atoms with E-state index in [1.54, 1.807) is 18.2 Å². The van der Waals surface area contributed by atoms with Crippen LogP contribution in [0.15, 0.2) is 54.6 Å². The monoisotopic (exact) mass is 777 g/mol. The second kappa shape index (κ2) is 15.6. The van der Waals surface area contributed by atoms with E-state index in [1.807, 2.05) is 36.4 Å². The van der Waals surface area contributed by atoms with Crippen LogP contribution in [0.4, 0.5) is 11.4 Å². The summed E-state index contributed by atoms with van der Waals surface area (Å²) in [5, 5.41) is 15.1. The van der Waals surface area contributed by atoms with Crippen LogP contribution in [0.3, 0.4) is 0 Å². The number of nitriles is 1. The molecule has 4 heterocycles. The van der Waals surface area contributed by atoms with Crippen LogP contribution in [0.5, 0.6) is 5.75 Å². The molecule has 290 valence electrons. The van der Waals surface area contributed by atoms with Crippen LogP contribution in [-0.4, -0.2) is 96.8 Å². The van der Waals surface area contributed by atoms with Gasteiger partial charge in [0, 0.05) is 80.3 Å². The summed E-state index contributed by atoms with van der Waals surface area (Å²) in [5.74, 6) is -1.58. The van der Waals surface area contributed by atoms with Crippen molar-refractivity contribution in [3.8, 4) is 11.8 Å². The van der Waals surface area contributed by atoms with Crippen molar-refractivity contribution in [2.24, 2.45) is 0 Å². The summed E-state index contributed by atoms with van der Waals surface area (Å²) in [6.45, 7) is 3.43. The van der Waals surface area contributed by atoms with Gasteiger partial charge in [0.2, 0.25) is 11.8 Å². The molecule has 3 aromatic carbocycles. The van der Waals surface area contributed by atoms with Gasteiger partial charge in [-0.1, -0.05) is 11.6 Å². The number of hydrogen-bond donors (Lipinski definition) is 2. The first-order valence-corrected chi connectivity index (χ1v) is 19.8. The minimum Gasteiger partial charge on any atom is -0.492 e. The first kappa shape index (κ1) is 37.5. The van der Waals surface area contributed by atoms with Crippen molar-refractivity contribution in [3.63, 3.8) is 0 Å². The SMILES string of the molecule is CN(c1ccc(C#N)c(Cl)c1)[C@H]1CC[C@H](NC(=O)c2ccc(N3CCC(N4CCOc5cc6c(cc5C4)C(=O)N(C4CCC(=O)NC4=O)C6=O)CC3)cc2)CC1. The average Bonchev–Trinajstić information content (AvgIpc) is 3.32. The lowest BCUT2D eigenvalue weighted by molar-refractivity contribution is -0.136. The Morgan fingerprint density at radius 2 is 1.62 bits per heavy atom. The van der Waals surface area contributed by atoms with Gasteiger partial charge in [-0.15, -0.1) is 0 Å². The van der Waals surface area contributed by atoms with Crippen molar-refractivity contribution < 1.29 is 28.7 Å². The van der Waals surface area contributed by atoms with Gasteiger partial charge >= 0.3 is 0 Å². The van der Waals surface area contributed by atoms with Gasteiger partial charge in [0.25, 0.3) is 17.7 Å². The zero-order valence-electron chi connectivity index (χ0n) is 31.3. The summed E-state index contributed by atoms with van der Waals surface area (Å²) in [7, 11) is 2.05. The van der Waals surface area contributed by atoms with E-state index in [1.165, 1.54) is 0 Å². The molecule has 0 spiro atoms. The fourth-order valence-electron chi connectivity index (χ4n) is 8.90. The van der Waals surface area contributed by atoms with Gasteiger partial charge in [-0.05, 0) is 99.5 Å². The van der Waals surface area contributed by atoms with Crippen molar-refractivity contribution in [1.29, 1.82) is 5.26 Å². The molecule has 3 aromatic rings. The van der Waals surface area contributed by atoms with E-state index in [4.69, 9.17) is 16.3 Å². The van der Waals surface area contributed by atoms with E-state index in [-0.39, 0.29) is 35.9 Å². The summed E-state index contributed by atoms with van der Waals surface area (Å²) in [4.78, 5) is 72.1. The van der Waals surface area contributed by atoms with Crippen LogP contribution in [0.1, 0.15) is 93.6 Å². The second-order valence-corrected chi connectivity index (χ2v) is 15.8. The first-order chi connectivity index (χ1) is 27.1. The van der Waals surface area contributed by atoms with Gasteiger partial charge < -0.3 is 19.9 Å². The molecule has 4 aliphatic heterocycles. The Bertz CT molecular complexity index is 2120. The topological polar surface area (TPSA) is 155 Å². The molecule has 0 aromatic heterocycles. The highest BCUT2D eigenvalue weighted by Gasteiger charge is 2.45. The number of nitrogens with zero attached hydrogens (tertiary/aromatic N) is 5. The third-order valence-electron chi connectivity index (χ3n) is 12.2. The smallest absolute Gasteiger partial charge is 0.262 e. The van der Waals surface area contributed by atoms with Crippen LogP contribution in [0.2, 0.25) is 5.02 Å². The zero-order valence-corrected chi connectivity index (χ0v) is 32.0. The number of benzene rings is 3. The predicted molar refractivity (Wildman–Crippen MR) is 209 cm³/mol. The van der Waals surface area contributed by atoms with E-state index in [2.05, 4.69) is 38.5 Å². The Balaban J connectivity index is 0.826. The van der Waals surface area contributed by atoms with Crippen LogP contribution in [0, 0.1) is 11.3 Å². The zero-order chi connectivity index (χ0) is 39.1. The molecule has 8 rings (SSSR count). The molecule has 0 bridgehead atoms. The molecule has 14 heteroatoms. The average molecular weight is 778 g/mol. The van der Waals surface area contributed by atoms with Crippen molar-refractivity contribution in [2.45, 2.75) is 82.1 Å². The van der Waals surface area contributed by atoms with Gasteiger partial charge in [-0.2, -0.15) is 5.26 Å². The van der Waals surface area contributed by atoms with Gasteiger partial charge in [0.05, 0.1) is 21.7 Å². The largest absolute Gasteiger partial charge is 0.492 e. The maximum Gasteiger partial charge on any atom is 0.262 e. The molecule has 1 unspecified atom stereocenters. The lowest BCUT2D eigenvalue weighted by atomic mass is 9.90. The quantitative estimate of drug-likeness (QED) is 0.324. The fraction of sp³-hybridized carbons (Fsp3) is 0.429. The fourth-order valence-corrected chi connectivity index (χ4v) is 9.11. The van der Waals surface area contributed by atoms with E-state index in [9.17, 15) is 29.2 Å². The maximum atomic E-state index is 13.4. The number of nitrogens with one attached hydrogen (secondary N) is 2. The molecule has 56 heavy (non-hydrogen) atoms. The minimum absolute atomic E-state index is 0.0602. The number of carbonyl (C=O) groups is 5. The summed E-state index contributed by atoms with van der Waals surface area (Å²) < 4.78 is 6.10. The molecule has 1 aliphatic carbocycles. The number of ether oxygens (including phenoxy) is 1. The number of amides is 5. The van der Waals surface area contributed by atoms with E-state index >= 15 is 0 Å². The number of carbonyl (C=O) groups excluding carboxylic acids is 5. The lowest BCUT2D eigenvalue weighted by Crippen LogP contribution is -2.54. The molecule has 5 amide bonds. The Kier molecular flexibility index (Phi) is 10.4. The normalized spacial score (nSPS) is 23.1. The van der Waals surface area contributed by atoms with Crippen LogP contribution in [-0.2, 0) is 16.1 Å². The van der Waals surface area contributed by atoms with Gasteiger partial charge in [0.15, 0.2) is 0 Å². The van der Waals surface area contributed by atoms with Crippen molar-refractivity contribution in [3.05, 3.63) is 87.4 Å². The standard InChI is InChI=1S/C42H44ClN7O6/c1-47(32-9-4-26(23-44)35(43)21-32)29-10-5-28(6-11-29)45-39(52)25-2-7-30(8-3-25)48-16-14-31(15-17-48)49-18-19-56-37-22-34-33(20-27(37)24-49)41(54)50(42(34)55)36-12-13-38(51)46-40(36)53/h2-4,7-9,20-22,28-29,31,36H,5-6,10-19,24H2,1H3,(H,45,52)(H,46,51,53)/t28-,29-,36?. The number of piperidine rings is 2. The Hall–Kier alpha value is -5.45. The number of imide groups is 2. The molecular formula is C42H44ClN7O6. The number of hydrogen-bond acceptors (Lipinski definition) is 10. The Morgan fingerprint density at radius 1 is 0.911 bits per heavy atom. The third kappa shape index (κ3) is 7.31. The number of fused-ring (bicyclic) bond motifs is 2. The molecule has 2 N–H and O–H groups in total. The molecule has 5 aliphatic rings. The summed E-state index contributed by atoms with van der Waals surface area (Å²) >= 11 is 6.27. The summed E-state index contributed by atoms with van der Waals surface area (Å²) in [6.07, 6.45) is 5.70. The van der Waals surface area contributed by atoms with Crippen molar-refractivity contribution in [1.82, 2.24) is 20.4 Å². The molecule has 3 fully saturated rings. The van der Waals surface area contributed by atoms with E-state index in [0.717, 1.165) is 73.5 Å². The third-order valence-corrected chi connectivity index (χ3v) is 12.5.